The fourth-order valence-electron chi connectivity index (χ4n) is 2.12. The molecule has 3 nitrogen and oxygen atoms in total. The molecule has 96 valence electrons. The molecule has 0 radical (unpaired) electrons. The molecule has 1 aromatic heterocycles. The number of aryl methyl sites for hydroxylation is 2. The lowest BCUT2D eigenvalue weighted by Gasteiger charge is -2.26. The standard InChI is InChI=1S/C14H25N3/c1-6-10(2)9-17(5)14-7-11(3)16-12(4)13(14)8-15/h7,10H,6,8-9,15H2,1-5H3. The van der Waals surface area contributed by atoms with Gasteiger partial charge in [-0.3, -0.25) is 4.98 Å². The summed E-state index contributed by atoms with van der Waals surface area (Å²) in [5.41, 5.74) is 10.4. The molecule has 0 saturated carbocycles. The van der Waals surface area contributed by atoms with Crippen molar-refractivity contribution in [3.05, 3.63) is 23.0 Å². The molecule has 0 spiro atoms. The molecule has 1 unspecified atom stereocenters. The predicted molar refractivity (Wildman–Crippen MR) is 74.3 cm³/mol. The Labute approximate surface area is 105 Å². The lowest BCUT2D eigenvalue weighted by Crippen LogP contribution is -2.26. The van der Waals surface area contributed by atoms with E-state index in [9.17, 15) is 0 Å². The maximum absolute atomic E-state index is 5.84. The van der Waals surface area contributed by atoms with Crippen LogP contribution in [-0.2, 0) is 6.54 Å². The largest absolute Gasteiger partial charge is 0.374 e. The number of nitrogens with zero attached hydrogens (tertiary/aromatic N) is 2. The first-order valence-electron chi connectivity index (χ1n) is 6.37. The van der Waals surface area contributed by atoms with Crippen LogP contribution in [0.1, 0.15) is 37.2 Å². The van der Waals surface area contributed by atoms with Crippen LogP contribution in [0.4, 0.5) is 5.69 Å². The monoisotopic (exact) mass is 235 g/mol. The van der Waals surface area contributed by atoms with Gasteiger partial charge in [0.25, 0.3) is 0 Å². The molecule has 1 aromatic rings. The van der Waals surface area contributed by atoms with Crippen LogP contribution >= 0.6 is 0 Å². The van der Waals surface area contributed by atoms with Gasteiger partial charge in [-0.25, -0.2) is 0 Å². The summed E-state index contributed by atoms with van der Waals surface area (Å²) in [4.78, 5) is 6.78. The van der Waals surface area contributed by atoms with Crippen molar-refractivity contribution in [3.63, 3.8) is 0 Å². The average molecular weight is 235 g/mol. The zero-order valence-electron chi connectivity index (χ0n) is 11.7. The third-order valence-corrected chi connectivity index (χ3v) is 3.33. The van der Waals surface area contributed by atoms with Crippen molar-refractivity contribution in [2.45, 2.75) is 40.7 Å². The van der Waals surface area contributed by atoms with Gasteiger partial charge >= 0.3 is 0 Å². The SMILES string of the molecule is CCC(C)CN(C)c1cc(C)nc(C)c1CN. The quantitative estimate of drug-likeness (QED) is 0.853. The summed E-state index contributed by atoms with van der Waals surface area (Å²) in [6.45, 7) is 10.2. The van der Waals surface area contributed by atoms with Gasteiger partial charge in [-0.15, -0.1) is 0 Å². The Kier molecular flexibility index (Phi) is 4.94. The van der Waals surface area contributed by atoms with E-state index in [1.54, 1.807) is 0 Å². The predicted octanol–water partition coefficient (Wildman–Crippen LogP) is 2.64. The second-order valence-electron chi connectivity index (χ2n) is 4.94. The van der Waals surface area contributed by atoms with Gasteiger partial charge in [0.15, 0.2) is 0 Å². The summed E-state index contributed by atoms with van der Waals surface area (Å²) in [6, 6.07) is 2.14. The fraction of sp³-hybridized carbons (Fsp3) is 0.643. The van der Waals surface area contributed by atoms with Crippen LogP contribution in [0.5, 0.6) is 0 Å². The summed E-state index contributed by atoms with van der Waals surface area (Å²) in [6.07, 6.45) is 1.20. The maximum Gasteiger partial charge on any atom is 0.0445 e. The fourth-order valence-corrected chi connectivity index (χ4v) is 2.12. The Hall–Kier alpha value is -1.09. The third kappa shape index (κ3) is 3.43. The molecular weight excluding hydrogens is 210 g/mol. The molecule has 1 heterocycles. The van der Waals surface area contributed by atoms with Crippen LogP contribution in [0.15, 0.2) is 6.07 Å². The topological polar surface area (TPSA) is 42.2 Å². The third-order valence-electron chi connectivity index (χ3n) is 3.33. The van der Waals surface area contributed by atoms with Gasteiger partial charge < -0.3 is 10.6 Å². The molecule has 0 amide bonds. The molecular formula is C14H25N3. The molecule has 1 atom stereocenters. The first kappa shape index (κ1) is 14.0. The molecule has 0 saturated heterocycles. The number of rotatable bonds is 5. The van der Waals surface area contributed by atoms with Crippen molar-refractivity contribution in [1.29, 1.82) is 0 Å². The highest BCUT2D eigenvalue weighted by atomic mass is 15.1. The molecule has 0 bridgehead atoms. The number of nitrogens with two attached hydrogens (primary N) is 1. The van der Waals surface area contributed by atoms with Gasteiger partial charge in [0.05, 0.1) is 0 Å². The Bertz CT molecular complexity index is 374. The highest BCUT2D eigenvalue weighted by Crippen LogP contribution is 2.23. The molecule has 0 aliphatic carbocycles. The van der Waals surface area contributed by atoms with Gasteiger partial charge in [-0.05, 0) is 25.8 Å². The van der Waals surface area contributed by atoms with E-state index in [1.807, 2.05) is 13.8 Å². The first-order chi connectivity index (χ1) is 7.99. The van der Waals surface area contributed by atoms with Crippen molar-refractivity contribution in [2.24, 2.45) is 11.7 Å². The van der Waals surface area contributed by atoms with Crippen LogP contribution in [0.2, 0.25) is 0 Å². The number of aromatic nitrogens is 1. The Morgan fingerprint density at radius 1 is 1.41 bits per heavy atom. The lowest BCUT2D eigenvalue weighted by atomic mass is 10.1. The van der Waals surface area contributed by atoms with E-state index in [1.165, 1.54) is 17.7 Å². The van der Waals surface area contributed by atoms with Crippen LogP contribution in [-0.4, -0.2) is 18.6 Å². The van der Waals surface area contributed by atoms with Crippen molar-refractivity contribution in [3.8, 4) is 0 Å². The number of hydrogen-bond donors (Lipinski definition) is 1. The Morgan fingerprint density at radius 2 is 2.06 bits per heavy atom. The smallest absolute Gasteiger partial charge is 0.0445 e. The van der Waals surface area contributed by atoms with Crippen LogP contribution in [0, 0.1) is 19.8 Å². The Morgan fingerprint density at radius 3 is 2.59 bits per heavy atom. The van der Waals surface area contributed by atoms with E-state index in [-0.39, 0.29) is 0 Å². The minimum atomic E-state index is 0.555. The summed E-state index contributed by atoms with van der Waals surface area (Å²) < 4.78 is 0. The van der Waals surface area contributed by atoms with E-state index in [0.29, 0.717) is 12.5 Å². The molecule has 1 rings (SSSR count). The summed E-state index contributed by atoms with van der Waals surface area (Å²) in [5, 5.41) is 0. The first-order valence-corrected chi connectivity index (χ1v) is 6.37. The second kappa shape index (κ2) is 6.01. The molecule has 3 heteroatoms. The van der Waals surface area contributed by atoms with Crippen molar-refractivity contribution in [2.75, 3.05) is 18.5 Å². The van der Waals surface area contributed by atoms with E-state index < -0.39 is 0 Å². The molecule has 0 aliphatic heterocycles. The van der Waals surface area contributed by atoms with Crippen LogP contribution in [0.3, 0.4) is 0 Å². The molecule has 0 aliphatic rings. The number of anilines is 1. The van der Waals surface area contributed by atoms with E-state index in [2.05, 4.69) is 36.8 Å². The molecule has 17 heavy (non-hydrogen) atoms. The van der Waals surface area contributed by atoms with Gasteiger partial charge in [0.2, 0.25) is 0 Å². The summed E-state index contributed by atoms with van der Waals surface area (Å²) in [5.74, 6) is 0.694. The van der Waals surface area contributed by atoms with Gasteiger partial charge in [0.1, 0.15) is 0 Å². The second-order valence-corrected chi connectivity index (χ2v) is 4.94. The maximum atomic E-state index is 5.84. The number of pyridine rings is 1. The summed E-state index contributed by atoms with van der Waals surface area (Å²) >= 11 is 0. The van der Waals surface area contributed by atoms with Gasteiger partial charge in [-0.2, -0.15) is 0 Å². The van der Waals surface area contributed by atoms with Crippen LogP contribution < -0.4 is 10.6 Å². The highest BCUT2D eigenvalue weighted by molar-refractivity contribution is 5.55. The molecule has 0 fully saturated rings. The van der Waals surface area contributed by atoms with Gasteiger partial charge in [-0.1, -0.05) is 20.3 Å². The van der Waals surface area contributed by atoms with Crippen molar-refractivity contribution in [1.82, 2.24) is 4.98 Å². The number of hydrogen-bond acceptors (Lipinski definition) is 3. The van der Waals surface area contributed by atoms with E-state index in [0.717, 1.165) is 17.9 Å². The molecule has 2 N–H and O–H groups in total. The normalized spacial score (nSPS) is 12.6. The van der Waals surface area contributed by atoms with E-state index in [4.69, 9.17) is 5.73 Å². The van der Waals surface area contributed by atoms with E-state index >= 15 is 0 Å². The lowest BCUT2D eigenvalue weighted by molar-refractivity contribution is 0.559. The summed E-state index contributed by atoms with van der Waals surface area (Å²) in [7, 11) is 2.14. The molecule has 0 aromatic carbocycles. The van der Waals surface area contributed by atoms with Crippen molar-refractivity contribution < 1.29 is 0 Å². The Balaban J connectivity index is 3.02. The van der Waals surface area contributed by atoms with Crippen LogP contribution in [0.25, 0.3) is 0 Å². The van der Waals surface area contributed by atoms with Crippen molar-refractivity contribution >= 4 is 5.69 Å². The zero-order valence-corrected chi connectivity index (χ0v) is 11.7. The average Bonchev–Trinajstić information content (AvgIpc) is 2.27. The minimum Gasteiger partial charge on any atom is -0.374 e. The van der Waals surface area contributed by atoms with Gasteiger partial charge in [0, 0.05) is 42.8 Å². The zero-order chi connectivity index (χ0) is 13.0. The minimum absolute atomic E-state index is 0.555. The highest BCUT2D eigenvalue weighted by Gasteiger charge is 2.12.